The van der Waals surface area contributed by atoms with Crippen LogP contribution >= 0.6 is 0 Å². The van der Waals surface area contributed by atoms with Crippen LogP contribution in [0, 0.1) is 5.82 Å². The molecule has 0 saturated carbocycles. The quantitative estimate of drug-likeness (QED) is 0.705. The number of hydrogen-bond donors (Lipinski definition) is 2. The van der Waals surface area contributed by atoms with Gasteiger partial charge in [0.25, 0.3) is 0 Å². The lowest BCUT2D eigenvalue weighted by Gasteiger charge is -2.03. The number of carboxylic acid groups (broad SMARTS) is 1. The molecule has 14 heavy (non-hydrogen) atoms. The molecular weight excluding hydrogens is 191 g/mol. The van der Waals surface area contributed by atoms with Gasteiger partial charge >= 0.3 is 5.97 Å². The molecule has 1 rings (SSSR count). The van der Waals surface area contributed by atoms with Gasteiger partial charge in [-0.1, -0.05) is 0 Å². The van der Waals surface area contributed by atoms with Crippen LogP contribution in [0.25, 0.3) is 0 Å². The van der Waals surface area contributed by atoms with E-state index in [0.29, 0.717) is 0 Å². The maximum atomic E-state index is 12.9. The number of aromatic hydroxyl groups is 1. The third-order valence-electron chi connectivity index (χ3n) is 1.70. The molecule has 0 aliphatic rings. The number of Topliss-reactive ketones (excluding diaryl/α,β-unsaturated/α-hetero) is 1. The van der Waals surface area contributed by atoms with Crippen LogP contribution in [0.4, 0.5) is 4.39 Å². The van der Waals surface area contributed by atoms with Crippen LogP contribution in [0.15, 0.2) is 12.1 Å². The lowest BCUT2D eigenvalue weighted by atomic mass is 10.1. The largest absolute Gasteiger partial charge is 0.504 e. The summed E-state index contributed by atoms with van der Waals surface area (Å²) in [6, 6.07) is 1.73. The molecule has 0 unspecified atom stereocenters. The fourth-order valence-corrected chi connectivity index (χ4v) is 0.965. The predicted molar refractivity (Wildman–Crippen MR) is 45.0 cm³/mol. The van der Waals surface area contributed by atoms with Crippen molar-refractivity contribution in [3.05, 3.63) is 29.1 Å². The van der Waals surface area contributed by atoms with Crippen molar-refractivity contribution in [1.29, 1.82) is 0 Å². The van der Waals surface area contributed by atoms with Crippen LogP contribution in [-0.4, -0.2) is 22.0 Å². The van der Waals surface area contributed by atoms with Gasteiger partial charge in [0.2, 0.25) is 0 Å². The second-order valence-corrected chi connectivity index (χ2v) is 2.72. The summed E-state index contributed by atoms with van der Waals surface area (Å²) in [7, 11) is 0. The van der Waals surface area contributed by atoms with Crippen molar-refractivity contribution in [1.82, 2.24) is 0 Å². The molecule has 0 aromatic heterocycles. The van der Waals surface area contributed by atoms with E-state index >= 15 is 0 Å². The number of phenols is 1. The molecule has 1 aromatic carbocycles. The first-order valence-electron chi connectivity index (χ1n) is 3.70. The van der Waals surface area contributed by atoms with Gasteiger partial charge < -0.3 is 10.2 Å². The Labute approximate surface area is 78.6 Å². The Hall–Kier alpha value is -1.91. The van der Waals surface area contributed by atoms with Crippen LogP contribution < -0.4 is 0 Å². The maximum absolute atomic E-state index is 12.9. The first-order chi connectivity index (χ1) is 6.43. The normalized spacial score (nSPS) is 9.86. The van der Waals surface area contributed by atoms with Crippen molar-refractivity contribution in [3.8, 4) is 5.75 Å². The first-order valence-corrected chi connectivity index (χ1v) is 3.70. The summed E-state index contributed by atoms with van der Waals surface area (Å²) in [5.74, 6) is -4.02. The zero-order valence-electron chi connectivity index (χ0n) is 7.24. The van der Waals surface area contributed by atoms with Crippen molar-refractivity contribution in [3.63, 3.8) is 0 Å². The lowest BCUT2D eigenvalue weighted by molar-refractivity contribution is 0.0692. The van der Waals surface area contributed by atoms with Gasteiger partial charge in [0.15, 0.2) is 17.3 Å². The predicted octanol–water partition coefficient (Wildman–Crippen LogP) is 1.43. The summed E-state index contributed by atoms with van der Waals surface area (Å²) in [5, 5.41) is 17.6. The number of carboxylic acids is 1. The van der Waals surface area contributed by atoms with Crippen molar-refractivity contribution in [2.75, 3.05) is 0 Å². The van der Waals surface area contributed by atoms with Crippen LogP contribution in [0.3, 0.4) is 0 Å². The number of carbonyl (C=O) groups excluding carboxylic acids is 1. The number of aromatic carboxylic acids is 1. The van der Waals surface area contributed by atoms with Gasteiger partial charge in [-0.15, -0.1) is 0 Å². The molecule has 0 amide bonds. The van der Waals surface area contributed by atoms with Crippen LogP contribution in [0.5, 0.6) is 5.75 Å². The second-order valence-electron chi connectivity index (χ2n) is 2.72. The number of halogens is 1. The van der Waals surface area contributed by atoms with E-state index in [0.717, 1.165) is 12.1 Å². The average Bonchev–Trinajstić information content (AvgIpc) is 2.08. The molecule has 0 spiro atoms. The average molecular weight is 198 g/mol. The van der Waals surface area contributed by atoms with Crippen molar-refractivity contribution in [2.45, 2.75) is 6.92 Å². The highest BCUT2D eigenvalue weighted by Crippen LogP contribution is 2.23. The van der Waals surface area contributed by atoms with Crippen molar-refractivity contribution >= 4 is 11.8 Å². The van der Waals surface area contributed by atoms with Crippen LogP contribution in [-0.2, 0) is 0 Å². The topological polar surface area (TPSA) is 74.6 Å². The van der Waals surface area contributed by atoms with Gasteiger partial charge in [-0.2, -0.15) is 0 Å². The Morgan fingerprint density at radius 3 is 2.36 bits per heavy atom. The van der Waals surface area contributed by atoms with E-state index in [-0.39, 0.29) is 5.56 Å². The molecule has 0 fully saturated rings. The number of rotatable bonds is 2. The number of hydrogen-bond acceptors (Lipinski definition) is 3. The molecule has 0 atom stereocenters. The van der Waals surface area contributed by atoms with E-state index in [9.17, 15) is 14.0 Å². The van der Waals surface area contributed by atoms with Gasteiger partial charge in [0.05, 0.1) is 0 Å². The first kappa shape index (κ1) is 10.2. The van der Waals surface area contributed by atoms with Gasteiger partial charge in [-0.25, -0.2) is 9.18 Å². The summed E-state index contributed by atoms with van der Waals surface area (Å²) >= 11 is 0. The monoisotopic (exact) mass is 198 g/mol. The van der Waals surface area contributed by atoms with E-state index < -0.39 is 28.9 Å². The number of carbonyl (C=O) groups is 2. The molecule has 0 aliphatic heterocycles. The van der Waals surface area contributed by atoms with Gasteiger partial charge in [0, 0.05) is 5.56 Å². The molecule has 1 aromatic rings. The van der Waals surface area contributed by atoms with E-state index in [1.165, 1.54) is 6.92 Å². The van der Waals surface area contributed by atoms with E-state index in [2.05, 4.69) is 0 Å². The Balaban J connectivity index is 3.43. The fourth-order valence-electron chi connectivity index (χ4n) is 0.965. The van der Waals surface area contributed by atoms with Gasteiger partial charge in [0.1, 0.15) is 5.56 Å². The third-order valence-corrected chi connectivity index (χ3v) is 1.70. The molecule has 0 saturated heterocycles. The standard InChI is InChI=1S/C9H7FO4/c1-4(11)5-2-6(9(13)14)8(12)7(10)3-5/h2-3,12H,1H3,(H,13,14). The Morgan fingerprint density at radius 2 is 1.93 bits per heavy atom. The molecular formula is C9H7FO4. The number of ketones is 1. The lowest BCUT2D eigenvalue weighted by Crippen LogP contribution is -2.02. The minimum atomic E-state index is -1.48. The van der Waals surface area contributed by atoms with Gasteiger partial charge in [-0.3, -0.25) is 4.79 Å². The maximum Gasteiger partial charge on any atom is 0.339 e. The summed E-state index contributed by atoms with van der Waals surface area (Å²) in [5.41, 5.74) is -0.701. The minimum Gasteiger partial charge on any atom is -0.504 e. The summed E-state index contributed by atoms with van der Waals surface area (Å²) in [4.78, 5) is 21.4. The van der Waals surface area contributed by atoms with Crippen LogP contribution in [0.2, 0.25) is 0 Å². The van der Waals surface area contributed by atoms with Gasteiger partial charge in [-0.05, 0) is 19.1 Å². The van der Waals surface area contributed by atoms with E-state index in [4.69, 9.17) is 10.2 Å². The van der Waals surface area contributed by atoms with Crippen molar-refractivity contribution in [2.24, 2.45) is 0 Å². The van der Waals surface area contributed by atoms with E-state index in [1.54, 1.807) is 0 Å². The molecule has 0 radical (unpaired) electrons. The Morgan fingerprint density at radius 1 is 1.36 bits per heavy atom. The molecule has 74 valence electrons. The SMILES string of the molecule is CC(=O)c1cc(F)c(O)c(C(=O)O)c1. The summed E-state index contributed by atoms with van der Waals surface area (Å²) in [6.07, 6.45) is 0. The molecule has 0 heterocycles. The fraction of sp³-hybridized carbons (Fsp3) is 0.111. The second kappa shape index (κ2) is 3.45. The summed E-state index contributed by atoms with van der Waals surface area (Å²) in [6.45, 7) is 1.18. The smallest absolute Gasteiger partial charge is 0.339 e. The zero-order valence-corrected chi connectivity index (χ0v) is 7.24. The molecule has 4 nitrogen and oxygen atoms in total. The zero-order chi connectivity index (χ0) is 10.9. The highest BCUT2D eigenvalue weighted by Gasteiger charge is 2.16. The van der Waals surface area contributed by atoms with E-state index in [1.807, 2.05) is 0 Å². The Kier molecular flexibility index (Phi) is 2.51. The minimum absolute atomic E-state index is 0.0855. The molecule has 0 bridgehead atoms. The van der Waals surface area contributed by atoms with Crippen LogP contribution in [0.1, 0.15) is 27.6 Å². The Bertz CT molecular complexity index is 412. The molecule has 5 heteroatoms. The number of benzene rings is 1. The highest BCUT2D eigenvalue weighted by molar-refractivity contribution is 5.98. The third kappa shape index (κ3) is 1.71. The van der Waals surface area contributed by atoms with Crippen molar-refractivity contribution < 1.29 is 24.2 Å². The molecule has 0 aliphatic carbocycles. The highest BCUT2D eigenvalue weighted by atomic mass is 19.1. The molecule has 2 N–H and O–H groups in total. The summed E-state index contributed by atoms with van der Waals surface area (Å²) < 4.78 is 12.9.